The maximum Gasteiger partial charge on any atom is 0.245 e. The van der Waals surface area contributed by atoms with Crippen molar-refractivity contribution in [2.24, 2.45) is 0 Å². The molecule has 3 rings (SSSR count). The fraction of sp³-hybridized carbons (Fsp3) is 0.556. The summed E-state index contributed by atoms with van der Waals surface area (Å²) in [6.07, 6.45) is 2.62. The van der Waals surface area contributed by atoms with Crippen LogP contribution in [0.25, 0.3) is 0 Å². The Kier molecular flexibility index (Phi) is 5.26. The molecule has 2 aliphatic heterocycles. The molecular formula is C18H24N2O2S. The van der Waals surface area contributed by atoms with Crippen LogP contribution in [0, 0.1) is 0 Å². The van der Waals surface area contributed by atoms with Crippen LogP contribution in [0.2, 0.25) is 0 Å². The molecule has 2 amide bonds. The van der Waals surface area contributed by atoms with Gasteiger partial charge in [-0.05, 0) is 25.3 Å². The quantitative estimate of drug-likeness (QED) is 0.778. The molecule has 0 bridgehead atoms. The molecule has 2 heterocycles. The number of carbonyl (C=O) groups excluding carboxylic acids is 2. The molecule has 4 nitrogen and oxygen atoms in total. The summed E-state index contributed by atoms with van der Waals surface area (Å²) in [4.78, 5) is 28.6. The van der Waals surface area contributed by atoms with Crippen molar-refractivity contribution in [1.82, 2.24) is 9.80 Å². The summed E-state index contributed by atoms with van der Waals surface area (Å²) in [5.74, 6) is 1.99. The zero-order valence-corrected chi connectivity index (χ0v) is 14.4. The van der Waals surface area contributed by atoms with Crippen LogP contribution in [-0.4, -0.2) is 52.5 Å². The second-order valence-corrected chi connectivity index (χ2v) is 7.44. The van der Waals surface area contributed by atoms with Crippen molar-refractivity contribution >= 4 is 23.6 Å². The summed E-state index contributed by atoms with van der Waals surface area (Å²) < 4.78 is 0. The highest BCUT2D eigenvalue weighted by atomic mass is 32.2. The standard InChI is InChI=1S/C18H24N2O2S/c1-14-18(22)19-10-5-8-16(19)12-20(14)17(21)9-11-23-13-15-6-3-2-4-7-15/h2-4,6-7,14,16H,5,8-13H2,1H3/t14-,16-/m1/s1. The Bertz CT molecular complexity index is 563. The van der Waals surface area contributed by atoms with Gasteiger partial charge in [0, 0.05) is 37.1 Å². The van der Waals surface area contributed by atoms with Crippen LogP contribution in [0.3, 0.4) is 0 Å². The van der Waals surface area contributed by atoms with Gasteiger partial charge in [0.05, 0.1) is 0 Å². The second kappa shape index (κ2) is 7.39. The van der Waals surface area contributed by atoms with Gasteiger partial charge in [-0.25, -0.2) is 0 Å². The smallest absolute Gasteiger partial charge is 0.245 e. The van der Waals surface area contributed by atoms with Gasteiger partial charge >= 0.3 is 0 Å². The number of benzene rings is 1. The Labute approximate surface area is 142 Å². The van der Waals surface area contributed by atoms with E-state index in [-0.39, 0.29) is 23.9 Å². The van der Waals surface area contributed by atoms with Crippen molar-refractivity contribution in [3.05, 3.63) is 35.9 Å². The predicted molar refractivity (Wildman–Crippen MR) is 93.1 cm³/mol. The van der Waals surface area contributed by atoms with E-state index in [1.165, 1.54) is 5.56 Å². The Morgan fingerprint density at radius 1 is 1.30 bits per heavy atom. The molecule has 2 fully saturated rings. The molecule has 23 heavy (non-hydrogen) atoms. The lowest BCUT2D eigenvalue weighted by Crippen LogP contribution is -2.60. The lowest BCUT2D eigenvalue weighted by molar-refractivity contribution is -0.152. The van der Waals surface area contributed by atoms with E-state index >= 15 is 0 Å². The van der Waals surface area contributed by atoms with Gasteiger partial charge in [0.15, 0.2) is 0 Å². The number of piperazine rings is 1. The number of carbonyl (C=O) groups is 2. The Morgan fingerprint density at radius 2 is 2.09 bits per heavy atom. The monoisotopic (exact) mass is 332 g/mol. The minimum Gasteiger partial charge on any atom is -0.336 e. The van der Waals surface area contributed by atoms with E-state index in [1.807, 2.05) is 30.0 Å². The number of thioether (sulfide) groups is 1. The minimum absolute atomic E-state index is 0.123. The average molecular weight is 332 g/mol. The highest BCUT2D eigenvalue weighted by molar-refractivity contribution is 7.98. The van der Waals surface area contributed by atoms with Crippen LogP contribution in [0.4, 0.5) is 0 Å². The summed E-state index contributed by atoms with van der Waals surface area (Å²) in [6, 6.07) is 10.3. The van der Waals surface area contributed by atoms with Gasteiger partial charge in [-0.15, -0.1) is 0 Å². The summed E-state index contributed by atoms with van der Waals surface area (Å²) in [7, 11) is 0. The normalized spacial score (nSPS) is 24.0. The van der Waals surface area contributed by atoms with Gasteiger partial charge in [0.1, 0.15) is 6.04 Å². The van der Waals surface area contributed by atoms with E-state index in [2.05, 4.69) is 12.1 Å². The Morgan fingerprint density at radius 3 is 2.87 bits per heavy atom. The highest BCUT2D eigenvalue weighted by Crippen LogP contribution is 2.26. The lowest BCUT2D eigenvalue weighted by Gasteiger charge is -2.41. The predicted octanol–water partition coefficient (Wildman–Crippen LogP) is 2.53. The third-order valence-electron chi connectivity index (χ3n) is 4.78. The molecule has 0 aliphatic carbocycles. The van der Waals surface area contributed by atoms with Crippen LogP contribution >= 0.6 is 11.8 Å². The highest BCUT2D eigenvalue weighted by Gasteiger charge is 2.41. The van der Waals surface area contributed by atoms with E-state index in [9.17, 15) is 9.59 Å². The van der Waals surface area contributed by atoms with E-state index in [0.717, 1.165) is 37.4 Å². The van der Waals surface area contributed by atoms with Crippen LogP contribution in [-0.2, 0) is 15.3 Å². The topological polar surface area (TPSA) is 40.6 Å². The summed E-state index contributed by atoms with van der Waals surface area (Å²) in [5, 5.41) is 0. The molecular weight excluding hydrogens is 308 g/mol. The molecule has 124 valence electrons. The van der Waals surface area contributed by atoms with Crippen LogP contribution in [0.1, 0.15) is 31.7 Å². The van der Waals surface area contributed by atoms with Crippen molar-refractivity contribution in [3.8, 4) is 0 Å². The van der Waals surface area contributed by atoms with Gasteiger partial charge in [-0.2, -0.15) is 11.8 Å². The van der Waals surface area contributed by atoms with Crippen molar-refractivity contribution in [3.63, 3.8) is 0 Å². The lowest BCUT2D eigenvalue weighted by atomic mass is 10.1. The van der Waals surface area contributed by atoms with Crippen LogP contribution in [0.5, 0.6) is 0 Å². The maximum atomic E-state index is 12.5. The average Bonchev–Trinajstić information content (AvgIpc) is 3.04. The molecule has 1 aromatic carbocycles. The Hall–Kier alpha value is -1.49. The van der Waals surface area contributed by atoms with Gasteiger partial charge in [0.25, 0.3) is 0 Å². The zero-order valence-electron chi connectivity index (χ0n) is 13.6. The number of amides is 2. The number of nitrogens with zero attached hydrogens (tertiary/aromatic N) is 2. The first kappa shape index (κ1) is 16.4. The molecule has 0 N–H and O–H groups in total. The molecule has 2 atom stereocenters. The van der Waals surface area contributed by atoms with E-state index < -0.39 is 0 Å². The first-order chi connectivity index (χ1) is 11.2. The van der Waals surface area contributed by atoms with E-state index in [0.29, 0.717) is 6.42 Å². The first-order valence-electron chi connectivity index (χ1n) is 8.38. The van der Waals surface area contributed by atoms with Crippen molar-refractivity contribution in [1.29, 1.82) is 0 Å². The van der Waals surface area contributed by atoms with Gasteiger partial charge in [-0.1, -0.05) is 30.3 Å². The van der Waals surface area contributed by atoms with Crippen LogP contribution in [0.15, 0.2) is 30.3 Å². The molecule has 0 saturated carbocycles. The summed E-state index contributed by atoms with van der Waals surface area (Å²) in [5.41, 5.74) is 1.29. The fourth-order valence-corrected chi connectivity index (χ4v) is 4.35. The van der Waals surface area contributed by atoms with Crippen molar-refractivity contribution in [2.75, 3.05) is 18.8 Å². The second-order valence-electron chi connectivity index (χ2n) is 6.34. The van der Waals surface area contributed by atoms with Gasteiger partial charge in [-0.3, -0.25) is 9.59 Å². The summed E-state index contributed by atoms with van der Waals surface area (Å²) >= 11 is 1.78. The molecule has 0 spiro atoms. The van der Waals surface area contributed by atoms with E-state index in [4.69, 9.17) is 0 Å². The molecule has 0 aromatic heterocycles. The third-order valence-corrected chi connectivity index (χ3v) is 5.81. The van der Waals surface area contributed by atoms with Crippen molar-refractivity contribution < 1.29 is 9.59 Å². The molecule has 2 aliphatic rings. The van der Waals surface area contributed by atoms with E-state index in [1.54, 1.807) is 16.7 Å². The summed E-state index contributed by atoms with van der Waals surface area (Å²) in [6.45, 7) is 3.45. The molecule has 5 heteroatoms. The Balaban J connectivity index is 1.47. The van der Waals surface area contributed by atoms with Gasteiger partial charge < -0.3 is 9.80 Å². The fourth-order valence-electron chi connectivity index (χ4n) is 3.46. The maximum absolute atomic E-state index is 12.5. The number of fused-ring (bicyclic) bond motifs is 1. The molecule has 0 unspecified atom stereocenters. The zero-order chi connectivity index (χ0) is 16.2. The molecule has 0 radical (unpaired) electrons. The minimum atomic E-state index is -0.295. The first-order valence-corrected chi connectivity index (χ1v) is 9.54. The van der Waals surface area contributed by atoms with Crippen LogP contribution < -0.4 is 0 Å². The largest absolute Gasteiger partial charge is 0.336 e. The van der Waals surface area contributed by atoms with Gasteiger partial charge in [0.2, 0.25) is 11.8 Å². The number of hydrogen-bond donors (Lipinski definition) is 0. The third kappa shape index (κ3) is 3.71. The van der Waals surface area contributed by atoms with Crippen molar-refractivity contribution in [2.45, 2.75) is 44.0 Å². The number of rotatable bonds is 5. The molecule has 2 saturated heterocycles. The SMILES string of the molecule is C[C@@H]1C(=O)N2CCC[C@@H]2CN1C(=O)CCSCc1ccccc1. The number of hydrogen-bond acceptors (Lipinski definition) is 3. The molecule has 1 aromatic rings.